The number of benzene rings is 3. The molecule has 8 nitrogen and oxygen atoms in total. The molecule has 40 heavy (non-hydrogen) atoms. The van der Waals surface area contributed by atoms with E-state index in [-0.39, 0.29) is 35.1 Å². The van der Waals surface area contributed by atoms with E-state index in [9.17, 15) is 14.1 Å². The first-order valence-corrected chi connectivity index (χ1v) is 13.9. The molecular formula is C29H23F2N3O5S. The molecule has 2 unspecified atom stereocenters. The Hall–Kier alpha value is -4.51. The smallest absolute Gasteiger partial charge is 0.307 e. The monoisotopic (exact) mass is 563 g/mol. The van der Waals surface area contributed by atoms with Gasteiger partial charge >= 0.3 is 5.97 Å². The number of carboxylic acids is 1. The van der Waals surface area contributed by atoms with Crippen molar-refractivity contribution in [2.75, 3.05) is 12.9 Å². The van der Waals surface area contributed by atoms with Crippen LogP contribution >= 0.6 is 0 Å². The summed E-state index contributed by atoms with van der Waals surface area (Å²) in [5, 5.41) is 14.4. The number of carboxylic acid groups (broad SMARTS) is 1. The van der Waals surface area contributed by atoms with E-state index < -0.39 is 33.8 Å². The minimum Gasteiger partial charge on any atom is -0.492 e. The highest BCUT2D eigenvalue weighted by Crippen LogP contribution is 2.45. The Bertz CT molecular complexity index is 1830. The number of aliphatic carboxylic acids is 1. The Morgan fingerprint density at radius 2 is 2.02 bits per heavy atom. The summed E-state index contributed by atoms with van der Waals surface area (Å²) in [6.07, 6.45) is 4.49. The highest BCUT2D eigenvalue weighted by molar-refractivity contribution is 7.84. The van der Waals surface area contributed by atoms with Crippen LogP contribution in [0.3, 0.4) is 0 Å². The molecule has 0 amide bonds. The van der Waals surface area contributed by atoms with Gasteiger partial charge in [0.05, 0.1) is 33.2 Å². The van der Waals surface area contributed by atoms with Crippen LogP contribution in [0.15, 0.2) is 71.9 Å². The molecule has 204 valence electrons. The minimum absolute atomic E-state index is 0.0634. The number of rotatable bonds is 7. The Morgan fingerprint density at radius 3 is 2.80 bits per heavy atom. The molecule has 3 heterocycles. The van der Waals surface area contributed by atoms with E-state index in [1.165, 1.54) is 35.2 Å². The molecule has 6 rings (SSSR count). The summed E-state index contributed by atoms with van der Waals surface area (Å²) < 4.78 is 55.7. The maximum absolute atomic E-state index is 15.0. The number of ether oxygens (including phenoxy) is 2. The van der Waals surface area contributed by atoms with Crippen LogP contribution < -0.4 is 9.47 Å². The average molecular weight is 564 g/mol. The Labute approximate surface area is 229 Å². The highest BCUT2D eigenvalue weighted by atomic mass is 32.2. The molecule has 2 aromatic heterocycles. The van der Waals surface area contributed by atoms with Gasteiger partial charge in [-0.15, -0.1) is 0 Å². The average Bonchev–Trinajstić information content (AvgIpc) is 3.65. The van der Waals surface area contributed by atoms with E-state index in [1.54, 1.807) is 36.7 Å². The molecule has 0 saturated heterocycles. The van der Waals surface area contributed by atoms with Crippen molar-refractivity contribution < 1.29 is 32.4 Å². The topological polar surface area (TPSA) is 106 Å². The van der Waals surface area contributed by atoms with E-state index >= 15 is 8.78 Å². The molecule has 1 aliphatic rings. The number of aromatic nitrogens is 3. The summed E-state index contributed by atoms with van der Waals surface area (Å²) in [6, 6.07) is 14.0. The molecule has 0 fully saturated rings. The van der Waals surface area contributed by atoms with E-state index in [2.05, 4.69) is 10.1 Å². The van der Waals surface area contributed by atoms with Gasteiger partial charge in [0.25, 0.3) is 0 Å². The number of H-pyrrole nitrogens is 1. The van der Waals surface area contributed by atoms with Crippen LogP contribution in [-0.4, -0.2) is 42.9 Å². The van der Waals surface area contributed by atoms with Gasteiger partial charge in [-0.3, -0.25) is 9.00 Å². The maximum Gasteiger partial charge on any atom is 0.307 e. The molecule has 11 heteroatoms. The molecule has 0 aliphatic carbocycles. The van der Waals surface area contributed by atoms with Crippen LogP contribution in [0.4, 0.5) is 8.78 Å². The molecule has 5 aromatic rings. The fourth-order valence-electron chi connectivity index (χ4n) is 5.10. The zero-order chi connectivity index (χ0) is 28.2. The first-order valence-electron chi connectivity index (χ1n) is 12.3. The van der Waals surface area contributed by atoms with Crippen LogP contribution in [0.2, 0.25) is 0 Å². The van der Waals surface area contributed by atoms with Crippen LogP contribution in [0, 0.1) is 11.6 Å². The molecule has 2 N–H and O–H groups in total. The standard InChI is InChI=1S/C29H23F2N3O5S/c1-29(15-38-26-16(12-25(35)36)4-3-5-19(26)29)24-9-11-34(33-24)23-13-17(6-7-20(23)30)39-27-21(31)14-22-18(8-10-32-22)28(27)40(2)37/h3-11,13-14,32H,12,15H2,1-2H3,(H,35,36). The number of para-hydroxylation sites is 1. The molecule has 0 spiro atoms. The third kappa shape index (κ3) is 4.22. The minimum atomic E-state index is -1.57. The predicted octanol–water partition coefficient (Wildman–Crippen LogP) is 5.49. The lowest BCUT2D eigenvalue weighted by Crippen LogP contribution is -2.26. The van der Waals surface area contributed by atoms with Crippen molar-refractivity contribution in [3.63, 3.8) is 0 Å². The number of hydrogen-bond acceptors (Lipinski definition) is 5. The predicted molar refractivity (Wildman–Crippen MR) is 144 cm³/mol. The molecular weight excluding hydrogens is 540 g/mol. The summed E-state index contributed by atoms with van der Waals surface area (Å²) in [7, 11) is -1.57. The van der Waals surface area contributed by atoms with Gasteiger partial charge in [-0.2, -0.15) is 5.10 Å². The number of fused-ring (bicyclic) bond motifs is 2. The number of carbonyl (C=O) groups is 1. The van der Waals surface area contributed by atoms with Gasteiger partial charge in [0.1, 0.15) is 29.6 Å². The molecule has 0 bridgehead atoms. The molecule has 0 saturated carbocycles. The van der Waals surface area contributed by atoms with E-state index in [0.29, 0.717) is 27.9 Å². The highest BCUT2D eigenvalue weighted by Gasteiger charge is 2.41. The number of halogens is 2. The second-order valence-corrected chi connectivity index (χ2v) is 11.1. The van der Waals surface area contributed by atoms with E-state index in [1.807, 2.05) is 13.0 Å². The lowest BCUT2D eigenvalue weighted by Gasteiger charge is -2.20. The van der Waals surface area contributed by atoms with Gasteiger partial charge in [-0.05, 0) is 31.2 Å². The number of aromatic amines is 1. The second-order valence-electron chi connectivity index (χ2n) is 9.76. The fourth-order valence-corrected chi connectivity index (χ4v) is 5.99. The zero-order valence-corrected chi connectivity index (χ0v) is 22.2. The number of nitrogens with one attached hydrogen (secondary N) is 1. The summed E-state index contributed by atoms with van der Waals surface area (Å²) in [4.78, 5) is 14.4. The van der Waals surface area contributed by atoms with Crippen LogP contribution in [0.25, 0.3) is 16.6 Å². The normalized spacial score (nSPS) is 17.0. The molecule has 3 aromatic carbocycles. The fraction of sp³-hybridized carbons (Fsp3) is 0.172. The number of hydrogen-bond donors (Lipinski definition) is 2. The van der Waals surface area contributed by atoms with Crippen molar-refractivity contribution in [1.82, 2.24) is 14.8 Å². The zero-order valence-electron chi connectivity index (χ0n) is 21.4. The van der Waals surface area contributed by atoms with Crippen molar-refractivity contribution in [1.29, 1.82) is 0 Å². The van der Waals surface area contributed by atoms with Crippen molar-refractivity contribution in [2.24, 2.45) is 0 Å². The van der Waals surface area contributed by atoms with E-state index in [0.717, 1.165) is 5.56 Å². The van der Waals surface area contributed by atoms with Crippen molar-refractivity contribution in [3.8, 4) is 22.9 Å². The first-order chi connectivity index (χ1) is 19.2. The van der Waals surface area contributed by atoms with Crippen molar-refractivity contribution >= 4 is 27.7 Å². The van der Waals surface area contributed by atoms with Crippen LogP contribution in [0.1, 0.15) is 23.7 Å². The Balaban J connectivity index is 1.36. The van der Waals surface area contributed by atoms with E-state index in [4.69, 9.17) is 9.47 Å². The van der Waals surface area contributed by atoms with Crippen molar-refractivity contribution in [3.05, 3.63) is 95.4 Å². The van der Waals surface area contributed by atoms with Gasteiger partial charge in [0.15, 0.2) is 11.6 Å². The summed E-state index contributed by atoms with van der Waals surface area (Å²) in [6.45, 7) is 2.16. The first kappa shape index (κ1) is 25.8. The Morgan fingerprint density at radius 1 is 1.20 bits per heavy atom. The quantitative estimate of drug-likeness (QED) is 0.271. The van der Waals surface area contributed by atoms with Gasteiger partial charge in [0.2, 0.25) is 0 Å². The largest absolute Gasteiger partial charge is 0.492 e. The number of nitrogens with zero attached hydrogens (tertiary/aromatic N) is 2. The molecule has 1 aliphatic heterocycles. The van der Waals surface area contributed by atoms with Crippen LogP contribution in [-0.2, 0) is 27.4 Å². The summed E-state index contributed by atoms with van der Waals surface area (Å²) in [5.74, 6) is -1.79. The summed E-state index contributed by atoms with van der Waals surface area (Å²) >= 11 is 0. The lowest BCUT2D eigenvalue weighted by atomic mass is 9.81. The van der Waals surface area contributed by atoms with Gasteiger partial charge in [0, 0.05) is 52.8 Å². The third-order valence-corrected chi connectivity index (χ3v) is 8.06. The lowest BCUT2D eigenvalue weighted by molar-refractivity contribution is -0.136. The third-order valence-electron chi connectivity index (χ3n) is 7.08. The van der Waals surface area contributed by atoms with Crippen LogP contribution in [0.5, 0.6) is 17.2 Å². The SMILES string of the molecule is CS(=O)c1c(Oc2ccc(F)c(-n3ccc(C4(C)COc5c(CC(=O)O)cccc54)n3)c2)c(F)cc2[nH]ccc12. The molecule has 2 atom stereocenters. The summed E-state index contributed by atoms with van der Waals surface area (Å²) in [5.41, 5.74) is 1.81. The molecule has 0 radical (unpaired) electrons. The van der Waals surface area contributed by atoms with Crippen molar-refractivity contribution in [2.45, 2.75) is 23.7 Å². The van der Waals surface area contributed by atoms with Gasteiger partial charge in [-0.1, -0.05) is 18.2 Å². The maximum atomic E-state index is 15.0. The van der Waals surface area contributed by atoms with Gasteiger partial charge in [-0.25, -0.2) is 13.5 Å². The second kappa shape index (κ2) is 9.60. The Kier molecular flexibility index (Phi) is 6.18. The van der Waals surface area contributed by atoms with Gasteiger partial charge < -0.3 is 19.6 Å².